The van der Waals surface area contributed by atoms with Crippen molar-refractivity contribution in [2.75, 3.05) is 27.2 Å². The molecular weight excluding hydrogens is 436 g/mol. The SMILES string of the molecule is CN=C(NCCCCC(=O)OC)NCC(C)(C)c1cccc(F)c1.I. The lowest BCUT2D eigenvalue weighted by Crippen LogP contribution is -2.43. The molecule has 0 unspecified atom stereocenters. The first-order valence-corrected chi connectivity index (χ1v) is 8.16. The maximum atomic E-state index is 13.4. The number of esters is 1. The Labute approximate surface area is 166 Å². The number of guanidine groups is 1. The predicted octanol–water partition coefficient (Wildman–Crippen LogP) is 3.23. The van der Waals surface area contributed by atoms with Gasteiger partial charge in [0.1, 0.15) is 5.82 Å². The number of hydrogen-bond donors (Lipinski definition) is 2. The predicted molar refractivity (Wildman–Crippen MR) is 110 cm³/mol. The van der Waals surface area contributed by atoms with Crippen LogP contribution in [0.15, 0.2) is 29.3 Å². The number of ether oxygens (including phenoxy) is 1. The summed E-state index contributed by atoms with van der Waals surface area (Å²) in [6, 6.07) is 6.65. The van der Waals surface area contributed by atoms with Crippen LogP contribution in [-0.4, -0.2) is 39.2 Å². The van der Waals surface area contributed by atoms with Gasteiger partial charge in [0.2, 0.25) is 0 Å². The third kappa shape index (κ3) is 9.04. The Kier molecular flexibility index (Phi) is 11.4. The molecule has 0 bridgehead atoms. The Morgan fingerprint density at radius 2 is 2.00 bits per heavy atom. The van der Waals surface area contributed by atoms with Crippen LogP contribution in [-0.2, 0) is 14.9 Å². The van der Waals surface area contributed by atoms with E-state index in [1.54, 1.807) is 19.2 Å². The molecule has 25 heavy (non-hydrogen) atoms. The molecule has 0 saturated carbocycles. The first-order chi connectivity index (χ1) is 11.4. The zero-order valence-corrected chi connectivity index (χ0v) is 17.7. The van der Waals surface area contributed by atoms with E-state index in [-0.39, 0.29) is 41.2 Å². The number of nitrogens with one attached hydrogen (secondary N) is 2. The lowest BCUT2D eigenvalue weighted by molar-refractivity contribution is -0.140. The van der Waals surface area contributed by atoms with Crippen molar-refractivity contribution in [1.29, 1.82) is 0 Å². The van der Waals surface area contributed by atoms with Crippen molar-refractivity contribution >= 4 is 35.9 Å². The Morgan fingerprint density at radius 1 is 1.28 bits per heavy atom. The number of methoxy groups -OCH3 is 1. The zero-order chi connectivity index (χ0) is 18.0. The molecule has 0 aliphatic heterocycles. The molecule has 0 aliphatic carbocycles. The molecule has 0 atom stereocenters. The van der Waals surface area contributed by atoms with E-state index in [9.17, 15) is 9.18 Å². The highest BCUT2D eigenvalue weighted by atomic mass is 127. The third-order valence-corrected chi connectivity index (χ3v) is 3.86. The van der Waals surface area contributed by atoms with Gasteiger partial charge in [-0.3, -0.25) is 9.79 Å². The van der Waals surface area contributed by atoms with Crippen LogP contribution in [0.25, 0.3) is 0 Å². The van der Waals surface area contributed by atoms with Crippen molar-refractivity contribution in [2.45, 2.75) is 38.5 Å². The summed E-state index contributed by atoms with van der Waals surface area (Å²) in [4.78, 5) is 15.2. The van der Waals surface area contributed by atoms with Crippen LogP contribution in [0.5, 0.6) is 0 Å². The van der Waals surface area contributed by atoms with Crippen LogP contribution in [0.2, 0.25) is 0 Å². The zero-order valence-electron chi connectivity index (χ0n) is 15.4. The van der Waals surface area contributed by atoms with Crippen LogP contribution >= 0.6 is 24.0 Å². The number of aliphatic imine (C=N–C) groups is 1. The summed E-state index contributed by atoms with van der Waals surface area (Å²) in [6.45, 7) is 5.45. The number of carbonyl (C=O) groups excluding carboxylic acids is 1. The number of carbonyl (C=O) groups is 1. The summed E-state index contributed by atoms with van der Waals surface area (Å²) in [7, 11) is 3.10. The van der Waals surface area contributed by atoms with Crippen molar-refractivity contribution in [3.63, 3.8) is 0 Å². The van der Waals surface area contributed by atoms with E-state index < -0.39 is 0 Å². The Balaban J connectivity index is 0.00000576. The van der Waals surface area contributed by atoms with Gasteiger partial charge in [0, 0.05) is 32.0 Å². The molecular formula is C18H29FIN3O2. The molecule has 0 radical (unpaired) electrons. The normalized spacial score (nSPS) is 11.5. The topological polar surface area (TPSA) is 62.7 Å². The molecule has 0 spiro atoms. The van der Waals surface area contributed by atoms with E-state index >= 15 is 0 Å². The van der Waals surface area contributed by atoms with Gasteiger partial charge in [-0.05, 0) is 30.5 Å². The van der Waals surface area contributed by atoms with E-state index in [2.05, 4.69) is 34.2 Å². The van der Waals surface area contributed by atoms with Crippen molar-refractivity contribution in [3.05, 3.63) is 35.6 Å². The highest BCUT2D eigenvalue weighted by Gasteiger charge is 2.21. The maximum absolute atomic E-state index is 13.4. The minimum atomic E-state index is -0.232. The molecule has 0 saturated heterocycles. The van der Waals surface area contributed by atoms with Gasteiger partial charge in [-0.1, -0.05) is 26.0 Å². The molecule has 1 rings (SSSR count). The van der Waals surface area contributed by atoms with Crippen LogP contribution in [0.3, 0.4) is 0 Å². The Bertz CT molecular complexity index is 565. The largest absolute Gasteiger partial charge is 0.469 e. The molecule has 0 fully saturated rings. The Morgan fingerprint density at radius 3 is 2.60 bits per heavy atom. The van der Waals surface area contributed by atoms with Gasteiger partial charge in [0.15, 0.2) is 5.96 Å². The quantitative estimate of drug-likeness (QED) is 0.204. The molecule has 2 N–H and O–H groups in total. The molecule has 0 heterocycles. The van der Waals surface area contributed by atoms with Gasteiger partial charge in [0.05, 0.1) is 7.11 Å². The molecule has 0 aromatic heterocycles. The van der Waals surface area contributed by atoms with Crippen molar-refractivity contribution in [1.82, 2.24) is 10.6 Å². The maximum Gasteiger partial charge on any atom is 0.305 e. The van der Waals surface area contributed by atoms with E-state index in [4.69, 9.17) is 0 Å². The molecule has 0 aliphatic rings. The first-order valence-electron chi connectivity index (χ1n) is 8.16. The highest BCUT2D eigenvalue weighted by Crippen LogP contribution is 2.22. The monoisotopic (exact) mass is 465 g/mol. The number of benzene rings is 1. The highest BCUT2D eigenvalue weighted by molar-refractivity contribution is 14.0. The number of halogens is 2. The molecule has 0 amide bonds. The summed E-state index contributed by atoms with van der Waals surface area (Å²) < 4.78 is 18.0. The second kappa shape index (κ2) is 12.1. The fraction of sp³-hybridized carbons (Fsp3) is 0.556. The van der Waals surface area contributed by atoms with Crippen LogP contribution in [0.1, 0.15) is 38.7 Å². The van der Waals surface area contributed by atoms with Crippen molar-refractivity contribution < 1.29 is 13.9 Å². The minimum absolute atomic E-state index is 0. The second-order valence-corrected chi connectivity index (χ2v) is 6.28. The fourth-order valence-electron chi connectivity index (χ4n) is 2.24. The first kappa shape index (κ1) is 23.6. The van der Waals surface area contributed by atoms with Gasteiger partial charge < -0.3 is 15.4 Å². The van der Waals surface area contributed by atoms with Gasteiger partial charge >= 0.3 is 5.97 Å². The second-order valence-electron chi connectivity index (χ2n) is 6.28. The molecule has 7 heteroatoms. The summed E-state index contributed by atoms with van der Waals surface area (Å²) in [5.74, 6) is 0.278. The lowest BCUT2D eigenvalue weighted by atomic mass is 9.84. The number of nitrogens with zero attached hydrogens (tertiary/aromatic N) is 1. The lowest BCUT2D eigenvalue weighted by Gasteiger charge is -2.26. The smallest absolute Gasteiger partial charge is 0.305 e. The average Bonchev–Trinajstić information content (AvgIpc) is 2.57. The van der Waals surface area contributed by atoms with Gasteiger partial charge in [-0.25, -0.2) is 4.39 Å². The van der Waals surface area contributed by atoms with Crippen molar-refractivity contribution in [2.24, 2.45) is 4.99 Å². The minimum Gasteiger partial charge on any atom is -0.469 e. The summed E-state index contributed by atoms with van der Waals surface area (Å²) in [5.41, 5.74) is 0.702. The third-order valence-electron chi connectivity index (χ3n) is 3.86. The molecule has 5 nitrogen and oxygen atoms in total. The van der Waals surface area contributed by atoms with E-state index in [1.165, 1.54) is 13.2 Å². The number of hydrogen-bond acceptors (Lipinski definition) is 3. The standard InChI is InChI=1S/C18H28FN3O2.HI/c1-18(2,14-8-7-9-15(19)12-14)13-22-17(20-3)21-11-6-5-10-16(23)24-4;/h7-9,12H,5-6,10-11,13H2,1-4H3,(H2,20,21,22);1H. The molecule has 142 valence electrons. The van der Waals surface area contributed by atoms with Gasteiger partial charge in [-0.15, -0.1) is 24.0 Å². The Hall–Kier alpha value is -1.38. The van der Waals surface area contributed by atoms with Crippen LogP contribution < -0.4 is 10.6 Å². The van der Waals surface area contributed by atoms with E-state index in [0.29, 0.717) is 18.9 Å². The van der Waals surface area contributed by atoms with Gasteiger partial charge in [-0.2, -0.15) is 0 Å². The summed E-state index contributed by atoms with van der Waals surface area (Å²) in [6.07, 6.45) is 2.05. The number of unbranched alkanes of at least 4 members (excludes halogenated alkanes) is 1. The van der Waals surface area contributed by atoms with E-state index in [0.717, 1.165) is 24.9 Å². The average molecular weight is 465 g/mol. The van der Waals surface area contributed by atoms with Crippen LogP contribution in [0.4, 0.5) is 4.39 Å². The summed E-state index contributed by atoms with van der Waals surface area (Å²) >= 11 is 0. The van der Waals surface area contributed by atoms with E-state index in [1.807, 2.05) is 6.07 Å². The molecule has 1 aromatic rings. The fourth-order valence-corrected chi connectivity index (χ4v) is 2.24. The van der Waals surface area contributed by atoms with Crippen LogP contribution in [0, 0.1) is 5.82 Å². The van der Waals surface area contributed by atoms with Crippen molar-refractivity contribution in [3.8, 4) is 0 Å². The van der Waals surface area contributed by atoms with Gasteiger partial charge in [0.25, 0.3) is 0 Å². The number of rotatable bonds is 8. The summed E-state index contributed by atoms with van der Waals surface area (Å²) in [5, 5.41) is 6.47. The molecule has 1 aromatic carbocycles.